The van der Waals surface area contributed by atoms with Crippen LogP contribution in [0.15, 0.2) is 40.9 Å². The van der Waals surface area contributed by atoms with Gasteiger partial charge in [-0.3, -0.25) is 0 Å². The van der Waals surface area contributed by atoms with Crippen LogP contribution >= 0.6 is 15.9 Å². The molecule has 2 nitrogen and oxygen atoms in total. The second kappa shape index (κ2) is 6.62. The normalized spacial score (nSPS) is 14.9. The van der Waals surface area contributed by atoms with Crippen LogP contribution in [0.5, 0.6) is 0 Å². The molecule has 1 aliphatic rings. The Kier molecular flexibility index (Phi) is 4.47. The number of aromatic nitrogens is 1. The van der Waals surface area contributed by atoms with Crippen LogP contribution in [-0.4, -0.2) is 23.1 Å². The number of hydrogen-bond donors (Lipinski definition) is 0. The van der Waals surface area contributed by atoms with E-state index in [1.807, 2.05) is 0 Å². The minimum atomic E-state index is 1.04. The van der Waals surface area contributed by atoms with Crippen molar-refractivity contribution < 1.29 is 0 Å². The molecule has 0 amide bonds. The quantitative estimate of drug-likeness (QED) is 0.586. The first-order valence-corrected chi connectivity index (χ1v) is 9.86. The van der Waals surface area contributed by atoms with E-state index in [4.69, 9.17) is 0 Å². The Morgan fingerprint density at radius 2 is 1.80 bits per heavy atom. The molecule has 4 rings (SSSR count). The highest BCUT2D eigenvalue weighted by Gasteiger charge is 2.23. The largest absolute Gasteiger partial charge is 0.343 e. The van der Waals surface area contributed by atoms with Crippen molar-refractivity contribution in [3.63, 3.8) is 0 Å². The van der Waals surface area contributed by atoms with Gasteiger partial charge in [0, 0.05) is 41.6 Å². The molecule has 0 bridgehead atoms. The Balaban J connectivity index is 1.78. The van der Waals surface area contributed by atoms with Crippen molar-refractivity contribution in [3.8, 4) is 0 Å². The summed E-state index contributed by atoms with van der Waals surface area (Å²) in [6.07, 6.45) is 2.21. The molecule has 25 heavy (non-hydrogen) atoms. The molecule has 0 saturated carbocycles. The number of nitrogens with zero attached hydrogens (tertiary/aromatic N) is 2. The monoisotopic (exact) mass is 396 g/mol. The van der Waals surface area contributed by atoms with Crippen LogP contribution in [-0.2, 0) is 25.9 Å². The number of rotatable bonds is 3. The maximum Gasteiger partial charge on any atom is 0.0630 e. The summed E-state index contributed by atoms with van der Waals surface area (Å²) in [5.74, 6) is 0. The van der Waals surface area contributed by atoms with Gasteiger partial charge >= 0.3 is 0 Å². The van der Waals surface area contributed by atoms with Crippen molar-refractivity contribution >= 4 is 26.8 Å². The second-order valence-electron chi connectivity index (χ2n) is 7.44. The number of hydrogen-bond acceptors (Lipinski definition) is 1. The predicted molar refractivity (Wildman–Crippen MR) is 109 cm³/mol. The molecule has 3 aromatic rings. The fourth-order valence-electron chi connectivity index (χ4n) is 4.04. The maximum absolute atomic E-state index is 3.84. The van der Waals surface area contributed by atoms with Gasteiger partial charge in [0.25, 0.3) is 0 Å². The van der Waals surface area contributed by atoms with Crippen LogP contribution in [0, 0.1) is 13.8 Å². The Labute approximate surface area is 158 Å². The lowest BCUT2D eigenvalue weighted by Crippen LogP contribution is -2.27. The van der Waals surface area contributed by atoms with Crippen molar-refractivity contribution in [3.05, 3.63) is 68.8 Å². The zero-order chi connectivity index (χ0) is 17.6. The Morgan fingerprint density at radius 1 is 1.04 bits per heavy atom. The van der Waals surface area contributed by atoms with Crippen LogP contribution in [0.4, 0.5) is 0 Å². The number of likely N-dealkylation sites (N-methyl/N-ethyl adjacent to an activating group) is 1. The van der Waals surface area contributed by atoms with Gasteiger partial charge < -0.3 is 9.47 Å². The van der Waals surface area contributed by atoms with Crippen LogP contribution in [0.25, 0.3) is 10.9 Å². The highest BCUT2D eigenvalue weighted by atomic mass is 79.9. The van der Waals surface area contributed by atoms with E-state index in [2.05, 4.69) is 82.7 Å². The van der Waals surface area contributed by atoms with E-state index >= 15 is 0 Å². The Morgan fingerprint density at radius 3 is 2.56 bits per heavy atom. The van der Waals surface area contributed by atoms with Gasteiger partial charge in [-0.2, -0.15) is 0 Å². The van der Waals surface area contributed by atoms with E-state index < -0.39 is 0 Å². The number of benzene rings is 2. The molecular weight excluding hydrogens is 372 g/mol. The van der Waals surface area contributed by atoms with E-state index in [1.54, 1.807) is 0 Å². The van der Waals surface area contributed by atoms with Crippen molar-refractivity contribution in [1.29, 1.82) is 0 Å². The zero-order valence-electron chi connectivity index (χ0n) is 15.3. The minimum Gasteiger partial charge on any atom is -0.343 e. The first-order chi connectivity index (χ1) is 12.0. The van der Waals surface area contributed by atoms with Gasteiger partial charge in [0.05, 0.1) is 5.52 Å². The van der Waals surface area contributed by atoms with Crippen LogP contribution in [0.3, 0.4) is 0 Å². The summed E-state index contributed by atoms with van der Waals surface area (Å²) in [5, 5.41) is 1.43. The lowest BCUT2D eigenvalue weighted by molar-refractivity contribution is 0.309. The summed E-state index contributed by atoms with van der Waals surface area (Å²) in [6, 6.07) is 13.6. The molecule has 0 fully saturated rings. The molecular formula is C22H25BrN2. The summed E-state index contributed by atoms with van der Waals surface area (Å²) in [4.78, 5) is 2.43. The number of halogens is 1. The molecule has 2 aromatic carbocycles. The van der Waals surface area contributed by atoms with E-state index in [0.29, 0.717) is 0 Å². The third-order valence-corrected chi connectivity index (χ3v) is 5.98. The minimum absolute atomic E-state index is 1.04. The zero-order valence-corrected chi connectivity index (χ0v) is 16.9. The van der Waals surface area contributed by atoms with E-state index in [-0.39, 0.29) is 0 Å². The molecule has 1 aromatic heterocycles. The molecule has 1 aliphatic heterocycles. The van der Waals surface area contributed by atoms with Gasteiger partial charge in [-0.15, -0.1) is 0 Å². The molecule has 2 heterocycles. The lowest BCUT2D eigenvalue weighted by Gasteiger charge is -2.24. The number of fused-ring (bicyclic) bond motifs is 3. The van der Waals surface area contributed by atoms with Crippen molar-refractivity contribution in [2.45, 2.75) is 39.8 Å². The molecule has 3 heteroatoms. The molecule has 0 atom stereocenters. The Bertz CT molecular complexity index is 922. The Hall–Kier alpha value is -1.58. The summed E-state index contributed by atoms with van der Waals surface area (Å²) in [6.45, 7) is 7.58. The third kappa shape index (κ3) is 3.16. The smallest absolute Gasteiger partial charge is 0.0630 e. The second-order valence-corrected chi connectivity index (χ2v) is 8.30. The standard InChI is InChI=1S/C22H25BrN2/c1-15-4-6-17(7-5-15)8-11-25-21-9-10-24(3)14-19(21)18-12-16(2)13-20(23)22(18)25/h4-7,12-13H,8-11,14H2,1-3H3. The van der Waals surface area contributed by atoms with Crippen LogP contribution < -0.4 is 0 Å². The first-order valence-electron chi connectivity index (χ1n) is 9.07. The molecule has 0 saturated heterocycles. The van der Waals surface area contributed by atoms with Gasteiger partial charge in [-0.25, -0.2) is 0 Å². The summed E-state index contributed by atoms with van der Waals surface area (Å²) < 4.78 is 3.80. The maximum atomic E-state index is 3.84. The van der Waals surface area contributed by atoms with Crippen molar-refractivity contribution in [2.75, 3.05) is 13.6 Å². The summed E-state index contributed by atoms with van der Waals surface area (Å²) in [7, 11) is 2.23. The molecule has 0 radical (unpaired) electrons. The molecule has 0 unspecified atom stereocenters. The molecule has 130 valence electrons. The van der Waals surface area contributed by atoms with Crippen LogP contribution in [0.2, 0.25) is 0 Å². The lowest BCUT2D eigenvalue weighted by atomic mass is 10.0. The fraction of sp³-hybridized carbons (Fsp3) is 0.364. The topological polar surface area (TPSA) is 8.17 Å². The van der Waals surface area contributed by atoms with Gasteiger partial charge in [0.15, 0.2) is 0 Å². The molecule has 0 spiro atoms. The van der Waals surface area contributed by atoms with Gasteiger partial charge in [-0.05, 0) is 72.1 Å². The van der Waals surface area contributed by atoms with E-state index in [9.17, 15) is 0 Å². The summed E-state index contributed by atoms with van der Waals surface area (Å²) >= 11 is 3.84. The average molecular weight is 397 g/mol. The average Bonchev–Trinajstić information content (AvgIpc) is 2.88. The van der Waals surface area contributed by atoms with E-state index in [0.717, 1.165) is 32.5 Å². The predicted octanol–water partition coefficient (Wildman–Crippen LogP) is 5.25. The highest BCUT2D eigenvalue weighted by molar-refractivity contribution is 9.10. The summed E-state index contributed by atoms with van der Waals surface area (Å²) in [5.41, 5.74) is 8.50. The fourth-order valence-corrected chi connectivity index (χ4v) is 4.83. The van der Waals surface area contributed by atoms with Gasteiger partial charge in [-0.1, -0.05) is 29.8 Å². The third-order valence-electron chi connectivity index (χ3n) is 5.38. The van der Waals surface area contributed by atoms with Crippen LogP contribution in [0.1, 0.15) is 27.9 Å². The molecule has 0 N–H and O–H groups in total. The SMILES string of the molecule is Cc1ccc(CCn2c3c(c4cc(C)cc(Br)c42)CN(C)CC3)cc1. The van der Waals surface area contributed by atoms with Crippen molar-refractivity contribution in [2.24, 2.45) is 0 Å². The highest BCUT2D eigenvalue weighted by Crippen LogP contribution is 2.36. The van der Waals surface area contributed by atoms with Gasteiger partial charge in [0.1, 0.15) is 0 Å². The molecule has 0 aliphatic carbocycles. The van der Waals surface area contributed by atoms with Crippen molar-refractivity contribution in [1.82, 2.24) is 9.47 Å². The van der Waals surface area contributed by atoms with Gasteiger partial charge in [0.2, 0.25) is 0 Å². The van der Waals surface area contributed by atoms with E-state index in [1.165, 1.54) is 43.3 Å². The first kappa shape index (κ1) is 16.9. The number of aryl methyl sites for hydroxylation is 4.